The smallest absolute Gasteiger partial charge is 0.261 e. The maximum absolute atomic E-state index is 12.2. The maximum Gasteiger partial charge on any atom is 0.261 e. The quantitative estimate of drug-likeness (QED) is 0.479. The molecule has 2 rings (SSSR count). The van der Waals surface area contributed by atoms with Crippen LogP contribution in [0.4, 0.5) is 0 Å². The van der Waals surface area contributed by atoms with E-state index in [0.717, 1.165) is 22.6 Å². The molecule has 25 heavy (non-hydrogen) atoms. The first-order chi connectivity index (χ1) is 12.1. The van der Waals surface area contributed by atoms with Crippen molar-refractivity contribution in [1.29, 1.82) is 5.26 Å². The molecule has 0 aliphatic rings. The van der Waals surface area contributed by atoms with Gasteiger partial charge in [-0.05, 0) is 50.1 Å². The normalized spacial score (nSPS) is 11.2. The predicted octanol–water partition coefficient (Wildman–Crippen LogP) is 3.15. The summed E-state index contributed by atoms with van der Waals surface area (Å²) in [5, 5.41) is 12.1. The second kappa shape index (κ2) is 8.86. The van der Waals surface area contributed by atoms with E-state index in [1.807, 2.05) is 56.3 Å². The third kappa shape index (κ3) is 4.59. The number of nitriles is 1. The highest BCUT2D eigenvalue weighted by molar-refractivity contribution is 6.01. The number of aromatic nitrogens is 1. The minimum Gasteiger partial charge on any atom is -0.385 e. The summed E-state index contributed by atoms with van der Waals surface area (Å²) >= 11 is 0. The summed E-state index contributed by atoms with van der Waals surface area (Å²) in [5.41, 5.74) is 4.06. The van der Waals surface area contributed by atoms with Crippen molar-refractivity contribution in [1.82, 2.24) is 9.88 Å². The number of ether oxygens (including phenoxy) is 1. The molecule has 1 N–H and O–H groups in total. The number of rotatable bonds is 7. The van der Waals surface area contributed by atoms with Crippen molar-refractivity contribution in [3.8, 4) is 11.8 Å². The number of nitrogens with zero attached hydrogens (tertiary/aromatic N) is 2. The first-order valence-corrected chi connectivity index (χ1v) is 8.21. The molecule has 0 aliphatic carbocycles. The Morgan fingerprint density at radius 2 is 2.04 bits per heavy atom. The van der Waals surface area contributed by atoms with Gasteiger partial charge in [0.2, 0.25) is 0 Å². The minimum absolute atomic E-state index is 0.103. The van der Waals surface area contributed by atoms with Gasteiger partial charge in [0, 0.05) is 37.3 Å². The van der Waals surface area contributed by atoms with E-state index in [9.17, 15) is 10.1 Å². The molecule has 0 saturated heterocycles. The van der Waals surface area contributed by atoms with Crippen molar-refractivity contribution in [3.05, 3.63) is 58.9 Å². The average Bonchev–Trinajstić information content (AvgIpc) is 2.90. The molecule has 0 unspecified atom stereocenters. The van der Waals surface area contributed by atoms with Crippen LogP contribution >= 0.6 is 0 Å². The third-order valence-corrected chi connectivity index (χ3v) is 3.96. The predicted molar refractivity (Wildman–Crippen MR) is 98.3 cm³/mol. The number of hydrogen-bond donors (Lipinski definition) is 1. The number of aryl methyl sites for hydroxylation is 1. The van der Waals surface area contributed by atoms with Crippen LogP contribution in [0.5, 0.6) is 0 Å². The SMILES string of the molecule is COCCCNC(=O)C(C#N)=Cc1cc(C)n(-c2ccccc2)c1C. The molecule has 0 aliphatic heterocycles. The van der Waals surface area contributed by atoms with Gasteiger partial charge < -0.3 is 14.6 Å². The van der Waals surface area contributed by atoms with Crippen LogP contribution < -0.4 is 5.32 Å². The van der Waals surface area contributed by atoms with Crippen LogP contribution in [-0.2, 0) is 9.53 Å². The molecule has 130 valence electrons. The summed E-state index contributed by atoms with van der Waals surface area (Å²) in [6.07, 6.45) is 2.36. The molecule has 0 radical (unpaired) electrons. The number of carbonyl (C=O) groups excluding carboxylic acids is 1. The Balaban J connectivity index is 2.24. The van der Waals surface area contributed by atoms with Gasteiger partial charge in [0.05, 0.1) is 0 Å². The largest absolute Gasteiger partial charge is 0.385 e. The highest BCUT2D eigenvalue weighted by Crippen LogP contribution is 2.22. The van der Waals surface area contributed by atoms with E-state index < -0.39 is 0 Å². The highest BCUT2D eigenvalue weighted by Gasteiger charge is 2.13. The number of benzene rings is 1. The number of amides is 1. The molecular weight excluding hydrogens is 314 g/mol. The first-order valence-electron chi connectivity index (χ1n) is 8.21. The molecule has 0 saturated carbocycles. The molecule has 5 nitrogen and oxygen atoms in total. The molecule has 0 spiro atoms. The van der Waals surface area contributed by atoms with E-state index in [1.165, 1.54) is 0 Å². The average molecular weight is 337 g/mol. The fraction of sp³-hybridized carbons (Fsp3) is 0.300. The van der Waals surface area contributed by atoms with E-state index in [0.29, 0.717) is 19.6 Å². The summed E-state index contributed by atoms with van der Waals surface area (Å²) in [6.45, 7) is 5.05. The second-order valence-corrected chi connectivity index (χ2v) is 5.77. The summed E-state index contributed by atoms with van der Waals surface area (Å²) in [7, 11) is 1.62. The molecule has 0 bridgehead atoms. The zero-order valence-corrected chi connectivity index (χ0v) is 14.9. The van der Waals surface area contributed by atoms with Gasteiger partial charge in [-0.15, -0.1) is 0 Å². The fourth-order valence-corrected chi connectivity index (χ4v) is 2.73. The first kappa shape index (κ1) is 18.5. The Bertz CT molecular complexity index is 798. The van der Waals surface area contributed by atoms with Gasteiger partial charge in [-0.25, -0.2) is 0 Å². The lowest BCUT2D eigenvalue weighted by Gasteiger charge is -2.09. The van der Waals surface area contributed by atoms with E-state index >= 15 is 0 Å². The highest BCUT2D eigenvalue weighted by atomic mass is 16.5. The fourth-order valence-electron chi connectivity index (χ4n) is 2.73. The van der Waals surface area contributed by atoms with Crippen molar-refractivity contribution in [2.45, 2.75) is 20.3 Å². The van der Waals surface area contributed by atoms with Crippen molar-refractivity contribution >= 4 is 12.0 Å². The van der Waals surface area contributed by atoms with Crippen LogP contribution in [0.2, 0.25) is 0 Å². The van der Waals surface area contributed by atoms with E-state index in [1.54, 1.807) is 13.2 Å². The lowest BCUT2D eigenvalue weighted by Crippen LogP contribution is -2.26. The summed E-state index contributed by atoms with van der Waals surface area (Å²) in [5.74, 6) is -0.358. The zero-order chi connectivity index (χ0) is 18.2. The molecule has 1 amide bonds. The van der Waals surface area contributed by atoms with Crippen LogP contribution in [0.15, 0.2) is 42.0 Å². The number of carbonyl (C=O) groups is 1. The van der Waals surface area contributed by atoms with E-state index in [2.05, 4.69) is 9.88 Å². The Morgan fingerprint density at radius 1 is 1.32 bits per heavy atom. The Hall–Kier alpha value is -2.84. The van der Waals surface area contributed by atoms with Gasteiger partial charge in [-0.2, -0.15) is 5.26 Å². The number of nitrogens with one attached hydrogen (secondary N) is 1. The summed E-state index contributed by atoms with van der Waals surface area (Å²) in [6, 6.07) is 14.0. The lowest BCUT2D eigenvalue weighted by molar-refractivity contribution is -0.117. The van der Waals surface area contributed by atoms with Crippen LogP contribution in [0, 0.1) is 25.2 Å². The number of hydrogen-bond acceptors (Lipinski definition) is 3. The molecule has 2 aromatic rings. The van der Waals surface area contributed by atoms with Crippen LogP contribution in [-0.4, -0.2) is 30.7 Å². The second-order valence-electron chi connectivity index (χ2n) is 5.77. The molecule has 1 heterocycles. The van der Waals surface area contributed by atoms with E-state index in [4.69, 9.17) is 4.74 Å². The molecule has 5 heteroatoms. The molecular formula is C20H23N3O2. The molecule has 0 fully saturated rings. The maximum atomic E-state index is 12.2. The van der Waals surface area contributed by atoms with Gasteiger partial charge >= 0.3 is 0 Å². The van der Waals surface area contributed by atoms with Crippen LogP contribution in [0.1, 0.15) is 23.4 Å². The molecule has 1 aromatic carbocycles. The van der Waals surface area contributed by atoms with Crippen molar-refractivity contribution < 1.29 is 9.53 Å². The van der Waals surface area contributed by atoms with E-state index in [-0.39, 0.29) is 11.5 Å². The summed E-state index contributed by atoms with van der Waals surface area (Å²) < 4.78 is 7.05. The minimum atomic E-state index is -0.358. The van der Waals surface area contributed by atoms with Gasteiger partial charge in [-0.3, -0.25) is 4.79 Å². The van der Waals surface area contributed by atoms with Gasteiger partial charge in [0.1, 0.15) is 11.6 Å². The Labute approximate surface area is 148 Å². The third-order valence-electron chi connectivity index (χ3n) is 3.96. The summed E-state index contributed by atoms with van der Waals surface area (Å²) in [4.78, 5) is 12.2. The van der Waals surface area contributed by atoms with Crippen molar-refractivity contribution in [2.75, 3.05) is 20.3 Å². The van der Waals surface area contributed by atoms with Gasteiger partial charge in [0.15, 0.2) is 0 Å². The standard InChI is InChI=1S/C20H23N3O2/c1-15-12-17(16(2)23(15)19-8-5-4-6-9-19)13-18(14-21)20(24)22-10-7-11-25-3/h4-6,8-9,12-13H,7,10-11H2,1-3H3,(H,22,24). The Morgan fingerprint density at radius 3 is 2.68 bits per heavy atom. The Kier molecular flexibility index (Phi) is 6.55. The molecule has 0 atom stereocenters. The van der Waals surface area contributed by atoms with Crippen molar-refractivity contribution in [3.63, 3.8) is 0 Å². The van der Waals surface area contributed by atoms with Crippen molar-refractivity contribution in [2.24, 2.45) is 0 Å². The van der Waals surface area contributed by atoms with Gasteiger partial charge in [-0.1, -0.05) is 18.2 Å². The monoisotopic (exact) mass is 337 g/mol. The lowest BCUT2D eigenvalue weighted by atomic mass is 10.1. The van der Waals surface area contributed by atoms with Gasteiger partial charge in [0.25, 0.3) is 5.91 Å². The van der Waals surface area contributed by atoms with Crippen LogP contribution in [0.3, 0.4) is 0 Å². The topological polar surface area (TPSA) is 67.0 Å². The number of methoxy groups -OCH3 is 1. The zero-order valence-electron chi connectivity index (χ0n) is 14.9. The molecule has 1 aromatic heterocycles. The number of para-hydroxylation sites is 1. The van der Waals surface area contributed by atoms with Crippen LogP contribution in [0.25, 0.3) is 11.8 Å².